The summed E-state index contributed by atoms with van der Waals surface area (Å²) in [5.74, 6) is 2.93. The molecule has 2 aromatic rings. The van der Waals surface area contributed by atoms with E-state index in [2.05, 4.69) is 28.4 Å². The number of aromatic nitrogens is 2. The van der Waals surface area contributed by atoms with Crippen LogP contribution in [0, 0.1) is 0 Å². The maximum Gasteiger partial charge on any atom is 0.194 e. The van der Waals surface area contributed by atoms with E-state index < -0.39 is 0 Å². The SMILES string of the molecule is CCNC(=NCC(C)Oc1ccccc1OC)N1CCC(c2cnn(C)c2)C1. The van der Waals surface area contributed by atoms with Gasteiger partial charge in [-0.2, -0.15) is 5.10 Å². The van der Waals surface area contributed by atoms with Crippen LogP contribution in [0.5, 0.6) is 11.5 Å². The molecule has 0 spiro atoms. The summed E-state index contributed by atoms with van der Waals surface area (Å²) in [7, 11) is 3.62. The number of aryl methyl sites for hydroxylation is 1. The quantitative estimate of drug-likeness (QED) is 0.586. The molecule has 28 heavy (non-hydrogen) atoms. The Labute approximate surface area is 167 Å². The predicted octanol–water partition coefficient (Wildman–Crippen LogP) is 2.65. The van der Waals surface area contributed by atoms with Crippen LogP contribution in [0.2, 0.25) is 0 Å². The van der Waals surface area contributed by atoms with E-state index in [0.29, 0.717) is 12.5 Å². The topological polar surface area (TPSA) is 63.9 Å². The van der Waals surface area contributed by atoms with Crippen molar-refractivity contribution in [2.24, 2.45) is 12.0 Å². The van der Waals surface area contributed by atoms with Crippen LogP contribution in [0.3, 0.4) is 0 Å². The van der Waals surface area contributed by atoms with Crippen molar-refractivity contribution in [3.8, 4) is 11.5 Å². The minimum atomic E-state index is -0.0540. The number of nitrogens with zero attached hydrogens (tertiary/aromatic N) is 4. The summed E-state index contributed by atoms with van der Waals surface area (Å²) < 4.78 is 13.3. The number of hydrogen-bond donors (Lipinski definition) is 1. The average molecular weight is 386 g/mol. The second-order valence-corrected chi connectivity index (χ2v) is 7.15. The first-order chi connectivity index (χ1) is 13.6. The van der Waals surface area contributed by atoms with E-state index in [-0.39, 0.29) is 6.10 Å². The fourth-order valence-corrected chi connectivity index (χ4v) is 3.49. The van der Waals surface area contributed by atoms with Gasteiger partial charge in [0.1, 0.15) is 6.10 Å². The molecule has 1 aliphatic heterocycles. The molecule has 3 rings (SSSR count). The highest BCUT2D eigenvalue weighted by Gasteiger charge is 2.27. The molecular formula is C21H31N5O2. The molecule has 7 heteroatoms. The normalized spacial score (nSPS) is 18.2. The molecular weight excluding hydrogens is 354 g/mol. The first-order valence-corrected chi connectivity index (χ1v) is 9.92. The van der Waals surface area contributed by atoms with E-state index in [1.54, 1.807) is 7.11 Å². The van der Waals surface area contributed by atoms with Crippen molar-refractivity contribution in [3.63, 3.8) is 0 Å². The van der Waals surface area contributed by atoms with Crippen LogP contribution in [-0.4, -0.2) is 60.0 Å². The Morgan fingerprint density at radius 3 is 2.82 bits per heavy atom. The molecule has 0 saturated carbocycles. The largest absolute Gasteiger partial charge is 0.493 e. The number of para-hydroxylation sites is 2. The lowest BCUT2D eigenvalue weighted by Gasteiger charge is -2.22. The summed E-state index contributed by atoms with van der Waals surface area (Å²) in [4.78, 5) is 7.16. The highest BCUT2D eigenvalue weighted by Crippen LogP contribution is 2.28. The first kappa shape index (κ1) is 20.0. The number of rotatable bonds is 7. The van der Waals surface area contributed by atoms with Gasteiger partial charge in [-0.05, 0) is 38.0 Å². The maximum absolute atomic E-state index is 6.03. The molecule has 1 aromatic carbocycles. The molecule has 1 fully saturated rings. The Hall–Kier alpha value is -2.70. The number of nitrogens with one attached hydrogen (secondary N) is 1. The lowest BCUT2D eigenvalue weighted by Crippen LogP contribution is -2.40. The summed E-state index contributed by atoms with van der Waals surface area (Å²) in [5.41, 5.74) is 1.30. The van der Waals surface area contributed by atoms with Crippen molar-refractivity contribution in [1.82, 2.24) is 20.0 Å². The smallest absolute Gasteiger partial charge is 0.194 e. The van der Waals surface area contributed by atoms with E-state index in [9.17, 15) is 0 Å². The third-order valence-corrected chi connectivity index (χ3v) is 4.91. The van der Waals surface area contributed by atoms with Crippen molar-refractivity contribution >= 4 is 5.96 Å². The third kappa shape index (κ3) is 4.97. The Balaban J connectivity index is 1.61. The molecule has 2 atom stereocenters. The monoisotopic (exact) mass is 385 g/mol. The van der Waals surface area contributed by atoms with E-state index in [0.717, 1.165) is 43.5 Å². The van der Waals surface area contributed by atoms with Gasteiger partial charge in [-0.25, -0.2) is 4.99 Å². The molecule has 2 heterocycles. The molecule has 0 bridgehead atoms. The highest BCUT2D eigenvalue weighted by atomic mass is 16.5. The molecule has 152 valence electrons. The molecule has 2 unspecified atom stereocenters. The molecule has 0 aliphatic carbocycles. The van der Waals surface area contributed by atoms with Crippen molar-refractivity contribution < 1.29 is 9.47 Å². The van der Waals surface area contributed by atoms with Crippen LogP contribution in [0.25, 0.3) is 0 Å². The van der Waals surface area contributed by atoms with Crippen LogP contribution in [-0.2, 0) is 7.05 Å². The fraction of sp³-hybridized carbons (Fsp3) is 0.524. The van der Waals surface area contributed by atoms with Gasteiger partial charge in [-0.1, -0.05) is 12.1 Å². The number of hydrogen-bond acceptors (Lipinski definition) is 4. The van der Waals surface area contributed by atoms with Gasteiger partial charge in [0.15, 0.2) is 17.5 Å². The van der Waals surface area contributed by atoms with E-state index in [4.69, 9.17) is 14.5 Å². The lowest BCUT2D eigenvalue weighted by molar-refractivity contribution is 0.219. The number of methoxy groups -OCH3 is 1. The van der Waals surface area contributed by atoms with Gasteiger partial charge in [0.05, 0.1) is 19.9 Å². The molecule has 0 radical (unpaired) electrons. The summed E-state index contributed by atoms with van der Waals surface area (Å²) in [6.45, 7) is 7.50. The van der Waals surface area contributed by atoms with Crippen LogP contribution < -0.4 is 14.8 Å². The molecule has 1 aliphatic rings. The third-order valence-electron chi connectivity index (χ3n) is 4.91. The standard InChI is InChI=1S/C21H31N5O2/c1-5-22-21(26-11-10-17(15-26)18-13-24-25(3)14-18)23-12-16(2)28-20-9-7-6-8-19(20)27-4/h6-9,13-14,16-17H,5,10-12,15H2,1-4H3,(H,22,23). The second kappa shape index (κ2) is 9.48. The first-order valence-electron chi connectivity index (χ1n) is 9.92. The van der Waals surface area contributed by atoms with Gasteiger partial charge in [0.2, 0.25) is 0 Å². The number of ether oxygens (including phenoxy) is 2. The number of aliphatic imine (C=N–C) groups is 1. The number of guanidine groups is 1. The van der Waals surface area contributed by atoms with Gasteiger partial charge >= 0.3 is 0 Å². The average Bonchev–Trinajstić information content (AvgIpc) is 3.34. The van der Waals surface area contributed by atoms with Crippen LogP contribution in [0.15, 0.2) is 41.7 Å². The minimum absolute atomic E-state index is 0.0540. The highest BCUT2D eigenvalue weighted by molar-refractivity contribution is 5.80. The Morgan fingerprint density at radius 1 is 1.36 bits per heavy atom. The van der Waals surface area contributed by atoms with Crippen LogP contribution in [0.1, 0.15) is 31.7 Å². The van der Waals surface area contributed by atoms with E-state index >= 15 is 0 Å². The van der Waals surface area contributed by atoms with Gasteiger partial charge in [-0.3, -0.25) is 4.68 Å². The molecule has 0 amide bonds. The molecule has 1 N–H and O–H groups in total. The Morgan fingerprint density at radius 2 is 2.14 bits per heavy atom. The van der Waals surface area contributed by atoms with Crippen molar-refractivity contribution in [2.75, 3.05) is 33.3 Å². The fourth-order valence-electron chi connectivity index (χ4n) is 3.49. The van der Waals surface area contributed by atoms with E-state index in [1.165, 1.54) is 5.56 Å². The van der Waals surface area contributed by atoms with Gasteiger partial charge in [0.25, 0.3) is 0 Å². The summed E-state index contributed by atoms with van der Waals surface area (Å²) in [6.07, 6.45) is 5.15. The zero-order valence-corrected chi connectivity index (χ0v) is 17.3. The predicted molar refractivity (Wildman–Crippen MR) is 111 cm³/mol. The summed E-state index contributed by atoms with van der Waals surface area (Å²) in [6, 6.07) is 7.70. The molecule has 7 nitrogen and oxygen atoms in total. The minimum Gasteiger partial charge on any atom is -0.493 e. The Bertz CT molecular complexity index is 789. The number of benzene rings is 1. The zero-order valence-electron chi connectivity index (χ0n) is 17.3. The van der Waals surface area contributed by atoms with Crippen molar-refractivity contribution in [1.29, 1.82) is 0 Å². The summed E-state index contributed by atoms with van der Waals surface area (Å²) in [5, 5.41) is 7.72. The number of likely N-dealkylation sites (tertiary alicyclic amines) is 1. The van der Waals surface area contributed by atoms with Crippen molar-refractivity contribution in [2.45, 2.75) is 32.3 Å². The second-order valence-electron chi connectivity index (χ2n) is 7.15. The van der Waals surface area contributed by atoms with Crippen molar-refractivity contribution in [3.05, 3.63) is 42.2 Å². The Kier molecular flexibility index (Phi) is 6.79. The van der Waals surface area contributed by atoms with Gasteiger partial charge in [-0.15, -0.1) is 0 Å². The van der Waals surface area contributed by atoms with Crippen LogP contribution in [0.4, 0.5) is 0 Å². The lowest BCUT2D eigenvalue weighted by atomic mass is 10.0. The van der Waals surface area contributed by atoms with Gasteiger partial charge in [0, 0.05) is 38.8 Å². The molecule has 1 saturated heterocycles. The van der Waals surface area contributed by atoms with Gasteiger partial charge < -0.3 is 19.7 Å². The maximum atomic E-state index is 6.03. The zero-order chi connectivity index (χ0) is 19.9. The summed E-state index contributed by atoms with van der Waals surface area (Å²) >= 11 is 0. The van der Waals surface area contributed by atoms with E-state index in [1.807, 2.05) is 49.1 Å². The van der Waals surface area contributed by atoms with Crippen LogP contribution >= 0.6 is 0 Å². The molecule has 1 aromatic heterocycles.